The summed E-state index contributed by atoms with van der Waals surface area (Å²) in [5.74, 6) is 0. The molecule has 0 atom stereocenters. The molecule has 0 saturated carbocycles. The molecule has 10 aromatic carbocycles. The molecule has 0 spiro atoms. The van der Waals surface area contributed by atoms with Crippen molar-refractivity contribution in [3.63, 3.8) is 0 Å². The second-order valence-electron chi connectivity index (χ2n) is 17.8. The zero-order valence-corrected chi connectivity index (χ0v) is 35.7. The summed E-state index contributed by atoms with van der Waals surface area (Å²) in [6, 6.07) is 80.2. The molecule has 0 unspecified atom stereocenters. The van der Waals surface area contributed by atoms with E-state index in [4.69, 9.17) is 0 Å². The van der Waals surface area contributed by atoms with Crippen molar-refractivity contribution in [3.05, 3.63) is 230 Å². The molecule has 1 N–H and O–H groups in total. The van der Waals surface area contributed by atoms with Crippen LogP contribution in [-0.4, -0.2) is 4.98 Å². The van der Waals surface area contributed by atoms with E-state index in [1.807, 2.05) is 0 Å². The SMILES string of the molecule is CC1(C)c2cc(N(c3ccc(-c4ccccc4)cc3)c3ccc4[nH]c5c(c4c3)-c3cccc4cccc-5c34)ccc2-c2ccc(N(c3ccccc3)c3cccc4ccccc34)cc21. The predicted molar refractivity (Wildman–Crippen MR) is 270 cm³/mol. The molecule has 64 heavy (non-hydrogen) atoms. The minimum absolute atomic E-state index is 0.267. The second-order valence-corrected chi connectivity index (χ2v) is 17.8. The number of fused-ring (bicyclic) bond motifs is 9. The maximum Gasteiger partial charge on any atom is 0.0551 e. The summed E-state index contributed by atoms with van der Waals surface area (Å²) in [6.07, 6.45) is 0. The Kier molecular flexibility index (Phi) is 7.95. The molecule has 13 rings (SSSR count). The molecular weight excluding hydrogens is 775 g/mol. The van der Waals surface area contributed by atoms with E-state index in [9.17, 15) is 0 Å². The molecule has 2 aliphatic rings. The number of hydrogen-bond donors (Lipinski definition) is 1. The molecular formula is C61H43N3. The van der Waals surface area contributed by atoms with Crippen LogP contribution in [0, 0.1) is 0 Å². The number of hydrogen-bond acceptors (Lipinski definition) is 2. The lowest BCUT2D eigenvalue weighted by Crippen LogP contribution is -2.17. The number of rotatable bonds is 7. The Hall–Kier alpha value is -8.14. The van der Waals surface area contributed by atoms with Gasteiger partial charge in [-0.25, -0.2) is 0 Å². The second kappa shape index (κ2) is 13.9. The monoisotopic (exact) mass is 817 g/mol. The number of benzene rings is 10. The molecule has 11 aromatic rings. The third kappa shape index (κ3) is 5.47. The molecule has 1 aromatic heterocycles. The van der Waals surface area contributed by atoms with E-state index >= 15 is 0 Å². The summed E-state index contributed by atoms with van der Waals surface area (Å²) < 4.78 is 0. The fraction of sp³-hybridized carbons (Fsp3) is 0.0492. The van der Waals surface area contributed by atoms with Gasteiger partial charge in [0.25, 0.3) is 0 Å². The quantitative estimate of drug-likeness (QED) is 0.173. The standard InChI is InChI=1S/C61H43N3/c1-61(2)54-37-46(30-33-49(54)50-34-31-47(38-55(50)61)64(43-20-7-4-8-21-43)57-25-13-17-41-16-9-10-22-48(41)57)63(44-28-26-40(27-29-44)39-14-5-3-6-15-39)45-32-35-56-53(36-45)59-51-23-11-18-42-19-12-24-52(58(42)51)60(59)62-56/h3-38,62H,1-2H3. The van der Waals surface area contributed by atoms with Crippen molar-refractivity contribution in [2.45, 2.75) is 19.3 Å². The highest BCUT2D eigenvalue weighted by molar-refractivity contribution is 6.21. The first-order chi connectivity index (χ1) is 31.5. The predicted octanol–water partition coefficient (Wildman–Crippen LogP) is 17.0. The van der Waals surface area contributed by atoms with Gasteiger partial charge in [-0.3, -0.25) is 0 Å². The Morgan fingerprint density at radius 3 is 1.67 bits per heavy atom. The van der Waals surface area contributed by atoms with Gasteiger partial charge < -0.3 is 14.8 Å². The van der Waals surface area contributed by atoms with E-state index < -0.39 is 0 Å². The van der Waals surface area contributed by atoms with Gasteiger partial charge in [0.15, 0.2) is 0 Å². The number of nitrogens with zero attached hydrogens (tertiary/aromatic N) is 2. The minimum atomic E-state index is -0.267. The van der Waals surface area contributed by atoms with Crippen molar-refractivity contribution in [2.75, 3.05) is 9.80 Å². The average Bonchev–Trinajstić information content (AvgIpc) is 3.95. The zero-order chi connectivity index (χ0) is 42.5. The Morgan fingerprint density at radius 1 is 0.375 bits per heavy atom. The first-order valence-electron chi connectivity index (χ1n) is 22.3. The Bertz CT molecular complexity index is 3630. The van der Waals surface area contributed by atoms with Crippen LogP contribution in [0.5, 0.6) is 0 Å². The maximum atomic E-state index is 3.83. The lowest BCUT2D eigenvalue weighted by Gasteiger charge is -2.29. The number of anilines is 6. The summed E-state index contributed by atoms with van der Waals surface area (Å²) in [7, 11) is 0. The van der Waals surface area contributed by atoms with Crippen LogP contribution in [-0.2, 0) is 5.41 Å². The number of H-pyrrole nitrogens is 1. The van der Waals surface area contributed by atoms with Crippen LogP contribution in [0.4, 0.5) is 34.1 Å². The topological polar surface area (TPSA) is 22.3 Å². The van der Waals surface area contributed by atoms with Gasteiger partial charge in [-0.1, -0.05) is 159 Å². The summed E-state index contributed by atoms with van der Waals surface area (Å²) in [4.78, 5) is 8.69. The summed E-state index contributed by atoms with van der Waals surface area (Å²) in [6.45, 7) is 4.78. The van der Waals surface area contributed by atoms with Crippen LogP contribution < -0.4 is 9.80 Å². The van der Waals surface area contributed by atoms with E-state index in [1.165, 1.54) is 88.4 Å². The summed E-state index contributed by atoms with van der Waals surface area (Å²) in [5, 5.41) is 6.29. The van der Waals surface area contributed by atoms with Crippen LogP contribution in [0.1, 0.15) is 25.0 Å². The van der Waals surface area contributed by atoms with Crippen molar-refractivity contribution in [1.82, 2.24) is 4.98 Å². The average molecular weight is 818 g/mol. The first-order valence-corrected chi connectivity index (χ1v) is 22.3. The third-order valence-electron chi connectivity index (χ3n) is 13.9. The Morgan fingerprint density at radius 2 is 0.922 bits per heavy atom. The van der Waals surface area contributed by atoms with Crippen molar-refractivity contribution in [3.8, 4) is 44.6 Å². The number of nitrogens with one attached hydrogen (secondary N) is 1. The van der Waals surface area contributed by atoms with Crippen LogP contribution in [0.15, 0.2) is 218 Å². The molecule has 0 radical (unpaired) electrons. The highest BCUT2D eigenvalue weighted by Gasteiger charge is 2.37. The van der Waals surface area contributed by atoms with Gasteiger partial charge in [-0.2, -0.15) is 0 Å². The molecule has 0 saturated heterocycles. The summed E-state index contributed by atoms with van der Waals surface area (Å²) >= 11 is 0. The fourth-order valence-corrected chi connectivity index (χ4v) is 10.8. The first kappa shape index (κ1) is 36.5. The van der Waals surface area contributed by atoms with Gasteiger partial charge in [0.2, 0.25) is 0 Å². The van der Waals surface area contributed by atoms with Gasteiger partial charge in [0.1, 0.15) is 0 Å². The lowest BCUT2D eigenvalue weighted by atomic mass is 9.82. The number of aromatic nitrogens is 1. The normalized spacial score (nSPS) is 13.0. The minimum Gasteiger partial charge on any atom is -0.354 e. The molecule has 2 aliphatic carbocycles. The van der Waals surface area contributed by atoms with Crippen LogP contribution in [0.25, 0.3) is 77.1 Å². The molecule has 302 valence electrons. The molecule has 3 heteroatoms. The van der Waals surface area contributed by atoms with E-state index in [1.54, 1.807) is 0 Å². The van der Waals surface area contributed by atoms with E-state index in [-0.39, 0.29) is 5.41 Å². The maximum absolute atomic E-state index is 3.83. The number of aromatic amines is 1. The molecule has 1 heterocycles. The zero-order valence-electron chi connectivity index (χ0n) is 35.7. The van der Waals surface area contributed by atoms with Crippen molar-refractivity contribution in [2.24, 2.45) is 0 Å². The highest BCUT2D eigenvalue weighted by atomic mass is 15.1. The van der Waals surface area contributed by atoms with Gasteiger partial charge >= 0.3 is 0 Å². The van der Waals surface area contributed by atoms with E-state index in [2.05, 4.69) is 247 Å². The molecule has 0 amide bonds. The van der Waals surface area contributed by atoms with Crippen molar-refractivity contribution in [1.29, 1.82) is 0 Å². The van der Waals surface area contributed by atoms with Crippen LogP contribution in [0.2, 0.25) is 0 Å². The van der Waals surface area contributed by atoms with Crippen LogP contribution >= 0.6 is 0 Å². The Labute approximate surface area is 373 Å². The van der Waals surface area contributed by atoms with Crippen molar-refractivity contribution >= 4 is 66.6 Å². The molecule has 0 bridgehead atoms. The van der Waals surface area contributed by atoms with E-state index in [0.717, 1.165) is 34.0 Å². The van der Waals surface area contributed by atoms with Gasteiger partial charge in [-0.15, -0.1) is 0 Å². The van der Waals surface area contributed by atoms with E-state index in [0.29, 0.717) is 0 Å². The van der Waals surface area contributed by atoms with Gasteiger partial charge in [0, 0.05) is 61.3 Å². The fourth-order valence-electron chi connectivity index (χ4n) is 10.8. The van der Waals surface area contributed by atoms with Gasteiger partial charge in [-0.05, 0) is 128 Å². The third-order valence-corrected chi connectivity index (χ3v) is 13.9. The number of para-hydroxylation sites is 1. The van der Waals surface area contributed by atoms with Crippen molar-refractivity contribution < 1.29 is 0 Å². The highest BCUT2D eigenvalue weighted by Crippen LogP contribution is 2.54. The molecule has 0 aliphatic heterocycles. The van der Waals surface area contributed by atoms with Crippen LogP contribution in [0.3, 0.4) is 0 Å². The largest absolute Gasteiger partial charge is 0.354 e. The smallest absolute Gasteiger partial charge is 0.0551 e. The lowest BCUT2D eigenvalue weighted by molar-refractivity contribution is 0.660. The van der Waals surface area contributed by atoms with Gasteiger partial charge in [0.05, 0.1) is 11.4 Å². The molecule has 3 nitrogen and oxygen atoms in total. The molecule has 0 fully saturated rings. The summed E-state index contributed by atoms with van der Waals surface area (Å²) in [5.41, 5.74) is 20.4. The Balaban J connectivity index is 0.950.